The van der Waals surface area contributed by atoms with Gasteiger partial charge < -0.3 is 9.47 Å². The minimum absolute atomic E-state index is 0.219. The van der Waals surface area contributed by atoms with Gasteiger partial charge in [0.2, 0.25) is 0 Å². The average Bonchev–Trinajstić information content (AvgIpc) is 2.15. The molecule has 0 fully saturated rings. The van der Waals surface area contributed by atoms with E-state index < -0.39 is 6.36 Å². The van der Waals surface area contributed by atoms with Gasteiger partial charge >= 0.3 is 6.36 Å². The summed E-state index contributed by atoms with van der Waals surface area (Å²) in [5.41, 5.74) is 0.642. The van der Waals surface area contributed by atoms with E-state index in [-0.39, 0.29) is 5.75 Å². The third kappa shape index (κ3) is 2.55. The summed E-state index contributed by atoms with van der Waals surface area (Å²) in [5.74, 6) is 0.374. The summed E-state index contributed by atoms with van der Waals surface area (Å²) in [6, 6.07) is 4.04. The second kappa shape index (κ2) is 3.64. The van der Waals surface area contributed by atoms with Crippen LogP contribution >= 0.6 is 0 Å². The molecule has 0 bridgehead atoms. The molecule has 0 aromatic heterocycles. The van der Waals surface area contributed by atoms with Crippen LogP contribution in [0.1, 0.15) is 12.0 Å². The maximum Gasteiger partial charge on any atom is 0.573 e. The Kier molecular flexibility index (Phi) is 2.46. The van der Waals surface area contributed by atoms with E-state index in [9.17, 15) is 13.2 Å². The predicted octanol–water partition coefficient (Wildman–Crippen LogP) is 2.92. The van der Waals surface area contributed by atoms with Crippen molar-refractivity contribution in [3.05, 3.63) is 30.2 Å². The molecule has 0 saturated carbocycles. The SMILES string of the molecule is FC(F)(F)Oc1ccc2c(c1)[CH]CCO2. The zero-order chi connectivity index (χ0) is 10.9. The van der Waals surface area contributed by atoms with Gasteiger partial charge in [-0.15, -0.1) is 13.2 Å². The van der Waals surface area contributed by atoms with Gasteiger partial charge in [0.1, 0.15) is 11.5 Å². The fraction of sp³-hybridized carbons (Fsp3) is 0.300. The van der Waals surface area contributed by atoms with Crippen molar-refractivity contribution in [2.45, 2.75) is 12.8 Å². The quantitative estimate of drug-likeness (QED) is 0.720. The number of hydrogen-bond donors (Lipinski definition) is 0. The van der Waals surface area contributed by atoms with E-state index in [0.717, 1.165) is 0 Å². The third-order valence-corrected chi connectivity index (χ3v) is 1.95. The van der Waals surface area contributed by atoms with Gasteiger partial charge in [-0.05, 0) is 31.0 Å². The molecule has 1 heterocycles. The van der Waals surface area contributed by atoms with Crippen LogP contribution in [0.4, 0.5) is 13.2 Å². The Morgan fingerprint density at radius 3 is 2.80 bits per heavy atom. The van der Waals surface area contributed by atoms with Crippen LogP contribution in [0.3, 0.4) is 0 Å². The van der Waals surface area contributed by atoms with Crippen LogP contribution in [0.2, 0.25) is 0 Å². The smallest absolute Gasteiger partial charge is 0.493 e. The number of hydrogen-bond acceptors (Lipinski definition) is 2. The Bertz CT molecular complexity index is 360. The van der Waals surface area contributed by atoms with Crippen molar-refractivity contribution in [3.63, 3.8) is 0 Å². The molecule has 0 atom stereocenters. The lowest BCUT2D eigenvalue weighted by Gasteiger charge is -2.18. The highest BCUT2D eigenvalue weighted by Gasteiger charge is 2.31. The molecule has 0 spiro atoms. The van der Waals surface area contributed by atoms with Gasteiger partial charge in [0.15, 0.2) is 0 Å². The molecule has 0 N–H and O–H groups in total. The Morgan fingerprint density at radius 1 is 1.27 bits per heavy atom. The van der Waals surface area contributed by atoms with Gasteiger partial charge in [-0.3, -0.25) is 0 Å². The summed E-state index contributed by atoms with van der Waals surface area (Å²) in [7, 11) is 0. The van der Waals surface area contributed by atoms with Crippen molar-refractivity contribution < 1.29 is 22.6 Å². The van der Waals surface area contributed by atoms with Crippen molar-refractivity contribution in [1.82, 2.24) is 0 Å². The summed E-state index contributed by atoms with van der Waals surface area (Å²) in [4.78, 5) is 0. The molecule has 1 aliphatic heterocycles. The normalized spacial score (nSPS) is 15.4. The minimum Gasteiger partial charge on any atom is -0.493 e. The third-order valence-electron chi connectivity index (χ3n) is 1.95. The highest BCUT2D eigenvalue weighted by Crippen LogP contribution is 2.31. The van der Waals surface area contributed by atoms with E-state index in [1.54, 1.807) is 0 Å². The number of fused-ring (bicyclic) bond motifs is 1. The van der Waals surface area contributed by atoms with Gasteiger partial charge in [0.05, 0.1) is 6.61 Å². The average molecular weight is 217 g/mol. The fourth-order valence-corrected chi connectivity index (χ4v) is 1.40. The van der Waals surface area contributed by atoms with Gasteiger partial charge in [-0.1, -0.05) is 0 Å². The van der Waals surface area contributed by atoms with Crippen LogP contribution in [0.5, 0.6) is 11.5 Å². The lowest BCUT2D eigenvalue weighted by atomic mass is 10.1. The van der Waals surface area contributed by atoms with Crippen LogP contribution in [0.15, 0.2) is 18.2 Å². The summed E-state index contributed by atoms with van der Waals surface area (Å²) in [6.45, 7) is 0.562. The lowest BCUT2D eigenvalue weighted by molar-refractivity contribution is -0.274. The Balaban J connectivity index is 2.21. The van der Waals surface area contributed by atoms with Crippen LogP contribution in [0.25, 0.3) is 0 Å². The molecule has 0 unspecified atom stereocenters. The first-order chi connectivity index (χ1) is 7.04. The molecule has 1 aliphatic rings. The summed E-state index contributed by atoms with van der Waals surface area (Å²) in [6.07, 6.45) is -2.13. The monoisotopic (exact) mass is 217 g/mol. The molecule has 1 radical (unpaired) electrons. The first kappa shape index (κ1) is 10.1. The number of ether oxygens (including phenoxy) is 2. The van der Waals surface area contributed by atoms with Gasteiger partial charge in [-0.2, -0.15) is 0 Å². The van der Waals surface area contributed by atoms with Crippen molar-refractivity contribution >= 4 is 0 Å². The molecule has 1 aromatic rings. The Hall–Kier alpha value is -1.39. The lowest BCUT2D eigenvalue weighted by Crippen LogP contribution is -2.17. The van der Waals surface area contributed by atoms with Crippen molar-refractivity contribution in [2.75, 3.05) is 6.61 Å². The van der Waals surface area contributed by atoms with Crippen LogP contribution in [-0.4, -0.2) is 13.0 Å². The molecule has 2 nitrogen and oxygen atoms in total. The second-order valence-corrected chi connectivity index (χ2v) is 3.09. The Morgan fingerprint density at radius 2 is 2.07 bits per heavy atom. The maximum atomic E-state index is 11.9. The molecular formula is C10H8F3O2. The summed E-state index contributed by atoms with van der Waals surface area (Å²) >= 11 is 0. The summed E-state index contributed by atoms with van der Waals surface area (Å²) in [5, 5.41) is 0. The molecule has 81 valence electrons. The van der Waals surface area contributed by atoms with E-state index in [4.69, 9.17) is 4.74 Å². The van der Waals surface area contributed by atoms with Gasteiger partial charge in [0.25, 0.3) is 0 Å². The highest BCUT2D eigenvalue weighted by molar-refractivity contribution is 5.45. The van der Waals surface area contributed by atoms with Crippen molar-refractivity contribution in [1.29, 1.82) is 0 Å². The number of rotatable bonds is 1. The fourth-order valence-electron chi connectivity index (χ4n) is 1.40. The highest BCUT2D eigenvalue weighted by atomic mass is 19.4. The maximum absolute atomic E-state index is 11.9. The molecule has 0 saturated heterocycles. The summed E-state index contributed by atoms with van der Waals surface area (Å²) < 4.78 is 44.8. The van der Waals surface area contributed by atoms with E-state index in [2.05, 4.69) is 4.74 Å². The molecule has 2 rings (SSSR count). The van der Waals surface area contributed by atoms with Gasteiger partial charge in [-0.25, -0.2) is 0 Å². The van der Waals surface area contributed by atoms with Crippen LogP contribution in [-0.2, 0) is 0 Å². The van der Waals surface area contributed by atoms with Crippen molar-refractivity contribution in [3.8, 4) is 11.5 Å². The molecule has 5 heteroatoms. The second-order valence-electron chi connectivity index (χ2n) is 3.09. The molecule has 0 amide bonds. The minimum atomic E-state index is -4.65. The molecule has 1 aromatic carbocycles. The number of halogens is 3. The molecule has 0 aliphatic carbocycles. The zero-order valence-corrected chi connectivity index (χ0v) is 7.67. The van der Waals surface area contributed by atoms with Gasteiger partial charge in [0, 0.05) is 5.56 Å². The van der Waals surface area contributed by atoms with Crippen molar-refractivity contribution in [2.24, 2.45) is 0 Å². The van der Waals surface area contributed by atoms with E-state index in [1.165, 1.54) is 18.2 Å². The first-order valence-electron chi connectivity index (χ1n) is 4.40. The van der Waals surface area contributed by atoms with Crippen LogP contribution < -0.4 is 9.47 Å². The first-order valence-corrected chi connectivity index (χ1v) is 4.40. The number of benzene rings is 1. The Labute approximate surface area is 84.6 Å². The van der Waals surface area contributed by atoms with E-state index in [0.29, 0.717) is 24.3 Å². The predicted molar refractivity (Wildman–Crippen MR) is 46.6 cm³/mol. The molecule has 15 heavy (non-hydrogen) atoms. The van der Waals surface area contributed by atoms with Crippen LogP contribution in [0, 0.1) is 6.42 Å². The standard InChI is InChI=1S/C10H8F3O2/c11-10(12,13)15-8-3-4-9-7(6-8)2-1-5-14-9/h2-4,6H,1,5H2. The van der Waals surface area contributed by atoms with E-state index >= 15 is 0 Å². The van der Waals surface area contributed by atoms with E-state index in [1.807, 2.05) is 6.42 Å². The number of alkyl halides is 3. The topological polar surface area (TPSA) is 18.5 Å². The largest absolute Gasteiger partial charge is 0.573 e. The zero-order valence-electron chi connectivity index (χ0n) is 7.67. The molecular weight excluding hydrogens is 209 g/mol.